The van der Waals surface area contributed by atoms with E-state index in [9.17, 15) is 111 Å². The summed E-state index contributed by atoms with van der Waals surface area (Å²) in [4.78, 5) is 58.3. The number of hydrogen-bond acceptors (Lipinski definition) is 27. The second-order valence-corrected chi connectivity index (χ2v) is 17.7. The monoisotopic (exact) mass is 1060 g/mol. The third-order valence-electron chi connectivity index (χ3n) is 13.4. The molecule has 0 amide bonds. The summed E-state index contributed by atoms with van der Waals surface area (Å²) in [6, 6.07) is 5.02. The van der Waals surface area contributed by atoms with E-state index < -0.39 is 233 Å². The number of cyclic esters (lactones) is 3. The molecule has 0 aromatic heterocycles. The summed E-state index contributed by atoms with van der Waals surface area (Å²) in [6.07, 6.45) is -14.6. The molecule has 27 nitrogen and oxygen atoms in total. The van der Waals surface area contributed by atoms with Crippen LogP contribution in [0.1, 0.15) is 75.7 Å². The molecule has 4 aliphatic rings. The van der Waals surface area contributed by atoms with Gasteiger partial charge in [-0.15, -0.1) is 0 Å². The third-order valence-corrected chi connectivity index (χ3v) is 13.4. The summed E-state index contributed by atoms with van der Waals surface area (Å²) in [5, 5.41) is 200. The molecule has 0 spiro atoms. The first-order chi connectivity index (χ1) is 35.8. The number of carbonyl (C=O) groups excluding carboxylic acids is 4. The van der Waals surface area contributed by atoms with E-state index in [0.717, 1.165) is 12.1 Å². The number of rotatable bonds is 3. The fraction of sp³-hybridized carbons (Fsp3) is 0.184. The number of aliphatic hydroxyl groups is 2. The Labute approximate surface area is 420 Å². The highest BCUT2D eigenvalue weighted by Gasteiger charge is 2.56. The molecule has 27 heteroatoms. The van der Waals surface area contributed by atoms with Gasteiger partial charge in [-0.05, 0) is 35.9 Å². The smallest absolute Gasteiger partial charge is 0.339 e. The molecule has 76 heavy (non-hydrogen) atoms. The zero-order valence-electron chi connectivity index (χ0n) is 37.7. The first kappa shape index (κ1) is 49.3. The second kappa shape index (κ2) is 17.2. The maximum atomic E-state index is 14.8. The van der Waals surface area contributed by atoms with Crippen LogP contribution in [0.2, 0.25) is 0 Å². The summed E-state index contributed by atoms with van der Waals surface area (Å²) in [5.74, 6) is -30.6. The van der Waals surface area contributed by atoms with E-state index in [2.05, 4.69) is 0 Å². The number of aliphatic hydroxyl groups excluding tert-OH is 2. The third kappa shape index (κ3) is 7.11. The number of hydrogen-bond donors (Lipinski definition) is 18. The van der Waals surface area contributed by atoms with Crippen LogP contribution in [0.15, 0.2) is 42.5 Å². The number of esters is 4. The molecule has 0 unspecified atom stereocenters. The molecule has 0 radical (unpaired) electrons. The van der Waals surface area contributed by atoms with E-state index in [1.54, 1.807) is 0 Å². The minimum atomic E-state index is -2.77. The predicted octanol–water partition coefficient (Wildman–Crippen LogP) is 2.31. The van der Waals surface area contributed by atoms with Gasteiger partial charge in [0.2, 0.25) is 23.0 Å². The van der Waals surface area contributed by atoms with Crippen LogP contribution < -0.4 is 4.74 Å². The lowest BCUT2D eigenvalue weighted by atomic mass is 9.73. The van der Waals surface area contributed by atoms with Gasteiger partial charge in [0.1, 0.15) is 36.1 Å². The average Bonchev–Trinajstić information content (AvgIpc) is 3.46. The predicted molar refractivity (Wildman–Crippen MR) is 242 cm³/mol. The zero-order chi connectivity index (χ0) is 55.0. The van der Waals surface area contributed by atoms with Crippen molar-refractivity contribution in [2.24, 2.45) is 0 Å². The summed E-state index contributed by atoms with van der Waals surface area (Å²) in [7, 11) is 0. The molecule has 0 saturated heterocycles. The molecular weight excluding hydrogens is 1020 g/mol. The van der Waals surface area contributed by atoms with Crippen molar-refractivity contribution < 1.29 is 135 Å². The van der Waals surface area contributed by atoms with Gasteiger partial charge in [-0.1, -0.05) is 6.07 Å². The first-order valence-electron chi connectivity index (χ1n) is 21.9. The quantitative estimate of drug-likeness (QED) is 0.0687. The van der Waals surface area contributed by atoms with Crippen molar-refractivity contribution in [1.29, 1.82) is 0 Å². The lowest BCUT2D eigenvalue weighted by Crippen LogP contribution is -2.55. The standard InChI is InChI=1S/C49H36O27/c50-15-2-1-10(3-17(15)52)41-22(57)4-11-16(51)8-18(53)27(42(11)73-41)30-29-31-28(38(65)40(67)39(29)66)26-14(7-21(56)34(61)37(26)64)48(70)76-45(44(30)75-49(31)71)43-23(58)9-72-46(68)12-5-19(54)32(59)35(62)24(12)25-13(47(69)74-43)6-20(55)33(60)36(25)63/h1-3,5-8,22-23,30,41,43-45,50-67H,4,9H2/t22-,23+,30+,41+,43+,44-,45-/m0/s1. The molecule has 7 atom stereocenters. The minimum absolute atomic E-state index is 0.0770. The highest BCUT2D eigenvalue weighted by Crippen LogP contribution is 2.62. The van der Waals surface area contributed by atoms with Crippen molar-refractivity contribution in [1.82, 2.24) is 0 Å². The van der Waals surface area contributed by atoms with Gasteiger partial charge in [-0.25, -0.2) is 19.2 Å². The maximum Gasteiger partial charge on any atom is 0.339 e. The van der Waals surface area contributed by atoms with Crippen LogP contribution in [-0.2, 0) is 25.4 Å². The summed E-state index contributed by atoms with van der Waals surface area (Å²) in [5.41, 5.74) is -11.2. The molecule has 6 aromatic rings. The van der Waals surface area contributed by atoms with E-state index in [0.29, 0.717) is 24.3 Å². The van der Waals surface area contributed by atoms with Gasteiger partial charge in [0.15, 0.2) is 75.8 Å². The number of benzene rings is 6. The molecular formula is C49H36O27. The van der Waals surface area contributed by atoms with Crippen LogP contribution in [0.5, 0.6) is 97.7 Å². The Kier molecular flexibility index (Phi) is 11.1. The Morgan fingerprint density at radius 3 is 1.43 bits per heavy atom. The van der Waals surface area contributed by atoms with E-state index >= 15 is 0 Å². The second-order valence-electron chi connectivity index (χ2n) is 17.7. The minimum Gasteiger partial charge on any atom is -0.507 e. The van der Waals surface area contributed by atoms with Gasteiger partial charge in [0.05, 0.1) is 34.3 Å². The number of carbonyl (C=O) groups is 4. The van der Waals surface area contributed by atoms with E-state index in [1.807, 2.05) is 0 Å². The molecule has 0 aliphatic carbocycles. The highest BCUT2D eigenvalue weighted by atomic mass is 16.6. The van der Waals surface area contributed by atoms with Gasteiger partial charge < -0.3 is 116 Å². The van der Waals surface area contributed by atoms with Gasteiger partial charge in [0.25, 0.3) is 0 Å². The molecule has 6 aromatic carbocycles. The maximum absolute atomic E-state index is 14.8. The SMILES string of the molecule is O=C1OC[C@@H](O)[C@H]([C@@H]2OC(=O)c3cc(O)c(O)c(O)c3-c3c(O)c(O)c(O)c4c3C(=O)O[C@H]2[C@@H]4c2c(O)cc(O)c3c2O[C@H](c2ccc(O)c(O)c2)[C@@H](O)C3)OC(=O)c2cc(O)c(O)c(O)c2-c2c1cc(O)c(O)c2O. The number of aromatic hydroxyl groups is 16. The van der Waals surface area contributed by atoms with Crippen molar-refractivity contribution in [2.75, 3.05) is 6.61 Å². The zero-order valence-corrected chi connectivity index (χ0v) is 37.7. The van der Waals surface area contributed by atoms with E-state index in [-0.39, 0.29) is 11.1 Å². The van der Waals surface area contributed by atoms with Crippen molar-refractivity contribution in [3.8, 4) is 120 Å². The Bertz CT molecular complexity index is 3600. The normalized spacial score (nSPS) is 21.7. The number of ether oxygens (including phenoxy) is 5. The Hall–Kier alpha value is -10.3. The van der Waals surface area contributed by atoms with Crippen LogP contribution in [0.3, 0.4) is 0 Å². The highest BCUT2D eigenvalue weighted by molar-refractivity contribution is 6.11. The van der Waals surface area contributed by atoms with Gasteiger partial charge in [-0.2, -0.15) is 0 Å². The Morgan fingerprint density at radius 2 is 0.882 bits per heavy atom. The molecule has 0 fully saturated rings. The molecule has 2 bridgehead atoms. The van der Waals surface area contributed by atoms with Crippen molar-refractivity contribution in [3.63, 3.8) is 0 Å². The molecule has 10 rings (SSSR count). The van der Waals surface area contributed by atoms with Crippen LogP contribution in [0.25, 0.3) is 22.3 Å². The molecule has 4 aliphatic heterocycles. The lowest BCUT2D eigenvalue weighted by Gasteiger charge is -2.43. The largest absolute Gasteiger partial charge is 0.507 e. The van der Waals surface area contributed by atoms with Gasteiger partial charge in [-0.3, -0.25) is 0 Å². The Morgan fingerprint density at radius 1 is 0.382 bits per heavy atom. The summed E-state index contributed by atoms with van der Waals surface area (Å²) < 4.78 is 29.1. The van der Waals surface area contributed by atoms with Crippen LogP contribution in [-0.4, -0.2) is 153 Å². The van der Waals surface area contributed by atoms with Gasteiger partial charge in [0, 0.05) is 51.4 Å². The van der Waals surface area contributed by atoms with Crippen molar-refractivity contribution >= 4 is 23.9 Å². The Balaban J connectivity index is 1.28. The number of phenolic OH excluding ortho intramolecular Hbond substituents is 16. The lowest BCUT2D eigenvalue weighted by molar-refractivity contribution is -0.133. The number of fused-ring (bicyclic) bond motifs is 8. The van der Waals surface area contributed by atoms with Crippen LogP contribution in [0.4, 0.5) is 0 Å². The fourth-order valence-corrected chi connectivity index (χ4v) is 9.89. The molecule has 0 saturated carbocycles. The summed E-state index contributed by atoms with van der Waals surface area (Å²) >= 11 is 0. The average molecular weight is 1060 g/mol. The van der Waals surface area contributed by atoms with Crippen molar-refractivity contribution in [2.45, 2.75) is 49.0 Å². The number of phenols is 16. The van der Waals surface area contributed by atoms with E-state index in [1.165, 1.54) is 6.07 Å². The first-order valence-corrected chi connectivity index (χ1v) is 21.9. The molecule has 4 heterocycles. The molecule has 18 N–H and O–H groups in total. The van der Waals surface area contributed by atoms with Gasteiger partial charge >= 0.3 is 23.9 Å². The molecule has 394 valence electrons. The topological polar surface area (TPSA) is 479 Å². The van der Waals surface area contributed by atoms with E-state index in [4.69, 9.17) is 23.7 Å². The summed E-state index contributed by atoms with van der Waals surface area (Å²) in [6.45, 7) is -1.44. The van der Waals surface area contributed by atoms with Crippen LogP contribution >= 0.6 is 0 Å². The van der Waals surface area contributed by atoms with Crippen LogP contribution in [0, 0.1) is 0 Å². The fourth-order valence-electron chi connectivity index (χ4n) is 9.89. The van der Waals surface area contributed by atoms with Crippen molar-refractivity contribution in [3.05, 3.63) is 87.0 Å².